The molecule has 1 N–H and O–H groups in total. The fourth-order valence-electron chi connectivity index (χ4n) is 3.72. The summed E-state index contributed by atoms with van der Waals surface area (Å²) < 4.78 is 5.15. The number of methoxy groups -OCH3 is 1. The van der Waals surface area contributed by atoms with Crippen molar-refractivity contribution in [3.05, 3.63) is 30.1 Å². The van der Waals surface area contributed by atoms with Gasteiger partial charge in [0, 0.05) is 45.2 Å². The van der Waals surface area contributed by atoms with Gasteiger partial charge in [-0.2, -0.15) is 5.26 Å². The molecule has 0 saturated carbocycles. The lowest BCUT2D eigenvalue weighted by atomic mass is 9.81. The molecule has 132 valence electrons. The van der Waals surface area contributed by atoms with Gasteiger partial charge in [0.2, 0.25) is 0 Å². The van der Waals surface area contributed by atoms with Crippen LogP contribution in [0.1, 0.15) is 25.8 Å². The molecule has 2 heterocycles. The number of fused-ring (bicyclic) bond motifs is 1. The highest BCUT2D eigenvalue weighted by Crippen LogP contribution is 2.34. The van der Waals surface area contributed by atoms with E-state index in [-0.39, 0.29) is 5.41 Å². The van der Waals surface area contributed by atoms with Crippen LogP contribution in [-0.4, -0.2) is 49.4 Å². The van der Waals surface area contributed by atoms with Crippen LogP contribution in [0.2, 0.25) is 0 Å². The molecule has 1 atom stereocenters. The summed E-state index contributed by atoms with van der Waals surface area (Å²) in [5, 5.41) is 12.9. The van der Waals surface area contributed by atoms with E-state index in [1.807, 2.05) is 12.1 Å². The highest BCUT2D eigenvalue weighted by molar-refractivity contribution is 5.92. The third kappa shape index (κ3) is 3.89. The van der Waals surface area contributed by atoms with E-state index >= 15 is 0 Å². The summed E-state index contributed by atoms with van der Waals surface area (Å²) in [6.45, 7) is 8.00. The predicted molar refractivity (Wildman–Crippen MR) is 98.5 cm³/mol. The van der Waals surface area contributed by atoms with Crippen LogP contribution in [0.25, 0.3) is 11.0 Å². The van der Waals surface area contributed by atoms with Crippen LogP contribution in [0.5, 0.6) is 0 Å². The number of benzene rings is 1. The first kappa shape index (κ1) is 17.6. The maximum atomic E-state index is 9.33. The van der Waals surface area contributed by atoms with Gasteiger partial charge in [-0.1, -0.05) is 13.8 Å². The summed E-state index contributed by atoms with van der Waals surface area (Å²) in [7, 11) is 1.72. The number of nitrogens with zero attached hydrogens (tertiary/aromatic N) is 4. The average Bonchev–Trinajstić information content (AvgIpc) is 2.59. The van der Waals surface area contributed by atoms with E-state index in [1.54, 1.807) is 19.5 Å². The second kappa shape index (κ2) is 7.34. The summed E-state index contributed by atoms with van der Waals surface area (Å²) in [6.07, 6.45) is 4.45. The highest BCUT2D eigenvalue weighted by Gasteiger charge is 2.33. The fourth-order valence-corrected chi connectivity index (χ4v) is 3.72. The molecule has 1 aromatic heterocycles. The summed E-state index contributed by atoms with van der Waals surface area (Å²) >= 11 is 0. The Morgan fingerprint density at radius 3 is 2.80 bits per heavy atom. The highest BCUT2D eigenvalue weighted by atomic mass is 16.5. The zero-order valence-corrected chi connectivity index (χ0v) is 15.1. The smallest absolute Gasteiger partial charge is 0.113 e. The fraction of sp³-hybridized carbons (Fsp3) is 0.526. The van der Waals surface area contributed by atoms with Crippen LogP contribution in [0, 0.1) is 16.7 Å². The van der Waals surface area contributed by atoms with E-state index in [0.717, 1.165) is 37.3 Å². The molecule has 0 radical (unpaired) electrons. The van der Waals surface area contributed by atoms with Crippen LogP contribution >= 0.6 is 0 Å². The number of ether oxygens (including phenoxy) is 1. The first-order chi connectivity index (χ1) is 12.0. The lowest BCUT2D eigenvalue weighted by Crippen LogP contribution is -2.53. The summed E-state index contributed by atoms with van der Waals surface area (Å²) in [4.78, 5) is 11.3. The number of aromatic nitrogens is 2. The van der Waals surface area contributed by atoms with Gasteiger partial charge < -0.3 is 15.0 Å². The van der Waals surface area contributed by atoms with Crippen molar-refractivity contribution in [2.45, 2.75) is 26.3 Å². The van der Waals surface area contributed by atoms with Gasteiger partial charge in [-0.05, 0) is 24.0 Å². The summed E-state index contributed by atoms with van der Waals surface area (Å²) in [5.74, 6) is 0. The second-order valence-corrected chi connectivity index (χ2v) is 7.39. The van der Waals surface area contributed by atoms with Crippen LogP contribution in [0.4, 0.5) is 5.69 Å². The molecule has 0 spiro atoms. The van der Waals surface area contributed by atoms with Crippen molar-refractivity contribution in [3.8, 4) is 6.07 Å². The molecule has 0 aliphatic carbocycles. The number of hydrogen-bond donors (Lipinski definition) is 1. The zero-order valence-electron chi connectivity index (χ0n) is 15.1. The third-order valence-electron chi connectivity index (χ3n) is 4.66. The third-order valence-corrected chi connectivity index (χ3v) is 4.66. The van der Waals surface area contributed by atoms with E-state index in [1.165, 1.54) is 0 Å². The van der Waals surface area contributed by atoms with Crippen molar-refractivity contribution >= 4 is 16.7 Å². The molecule has 0 bridgehead atoms. The Hall–Kier alpha value is -2.23. The van der Waals surface area contributed by atoms with Gasteiger partial charge in [-0.15, -0.1) is 0 Å². The number of nitriles is 1. The average molecular weight is 339 g/mol. The Morgan fingerprint density at radius 2 is 2.08 bits per heavy atom. The molecule has 6 heteroatoms. The number of piperidine rings is 1. The Labute approximate surface area is 148 Å². The van der Waals surface area contributed by atoms with Crippen LogP contribution < -0.4 is 10.2 Å². The van der Waals surface area contributed by atoms with Gasteiger partial charge in [0.05, 0.1) is 17.9 Å². The maximum absolute atomic E-state index is 9.33. The van der Waals surface area contributed by atoms with Crippen LogP contribution in [-0.2, 0) is 4.74 Å². The van der Waals surface area contributed by atoms with Crippen molar-refractivity contribution in [2.75, 3.05) is 38.3 Å². The van der Waals surface area contributed by atoms with Crippen LogP contribution in [0.3, 0.4) is 0 Å². The van der Waals surface area contributed by atoms with Crippen molar-refractivity contribution in [1.82, 2.24) is 15.3 Å². The molecule has 1 fully saturated rings. The Morgan fingerprint density at radius 1 is 1.32 bits per heavy atom. The molecule has 1 aromatic carbocycles. The molecule has 2 aromatic rings. The number of rotatable bonds is 5. The lowest BCUT2D eigenvalue weighted by molar-refractivity contribution is 0.183. The molecule has 3 rings (SSSR count). The molecule has 6 nitrogen and oxygen atoms in total. The molecule has 1 unspecified atom stereocenters. The zero-order chi connectivity index (χ0) is 17.9. The van der Waals surface area contributed by atoms with Gasteiger partial charge in [0.15, 0.2) is 0 Å². The first-order valence-corrected chi connectivity index (χ1v) is 8.65. The van der Waals surface area contributed by atoms with Gasteiger partial charge >= 0.3 is 0 Å². The maximum Gasteiger partial charge on any atom is 0.113 e. The second-order valence-electron chi connectivity index (χ2n) is 7.39. The van der Waals surface area contributed by atoms with Gasteiger partial charge in [-0.25, -0.2) is 0 Å². The van der Waals surface area contributed by atoms with Crippen molar-refractivity contribution in [1.29, 1.82) is 5.26 Å². The SMILES string of the molecule is COCCNC1CN(c2ccc(C#N)c3nccnc23)CC(C)(C)C1. The minimum Gasteiger partial charge on any atom is -0.383 e. The van der Waals surface area contributed by atoms with Crippen molar-refractivity contribution in [2.24, 2.45) is 5.41 Å². The van der Waals surface area contributed by atoms with E-state index in [4.69, 9.17) is 4.74 Å². The Kier molecular flexibility index (Phi) is 5.16. The van der Waals surface area contributed by atoms with Gasteiger partial charge in [-0.3, -0.25) is 9.97 Å². The van der Waals surface area contributed by atoms with E-state index in [9.17, 15) is 5.26 Å². The van der Waals surface area contributed by atoms with Gasteiger partial charge in [0.1, 0.15) is 17.1 Å². The Balaban J connectivity index is 1.92. The van der Waals surface area contributed by atoms with Crippen LogP contribution in [0.15, 0.2) is 24.5 Å². The van der Waals surface area contributed by atoms with E-state index in [2.05, 4.69) is 40.1 Å². The van der Waals surface area contributed by atoms with E-state index in [0.29, 0.717) is 23.7 Å². The predicted octanol–water partition coefficient (Wildman–Crippen LogP) is 2.34. The van der Waals surface area contributed by atoms with Gasteiger partial charge in [0.25, 0.3) is 0 Å². The van der Waals surface area contributed by atoms with Crippen molar-refractivity contribution in [3.63, 3.8) is 0 Å². The topological polar surface area (TPSA) is 74.1 Å². The Bertz CT molecular complexity index is 783. The minimum absolute atomic E-state index is 0.186. The first-order valence-electron chi connectivity index (χ1n) is 8.65. The minimum atomic E-state index is 0.186. The van der Waals surface area contributed by atoms with E-state index < -0.39 is 0 Å². The summed E-state index contributed by atoms with van der Waals surface area (Å²) in [5.41, 5.74) is 3.28. The number of hydrogen-bond acceptors (Lipinski definition) is 6. The lowest BCUT2D eigenvalue weighted by Gasteiger charge is -2.44. The number of anilines is 1. The summed E-state index contributed by atoms with van der Waals surface area (Å²) in [6, 6.07) is 6.45. The normalized spacial score (nSPS) is 19.8. The molecular weight excluding hydrogens is 314 g/mol. The molecular formula is C19H25N5O. The molecule has 0 amide bonds. The largest absolute Gasteiger partial charge is 0.383 e. The standard InChI is InChI=1S/C19H25N5O/c1-19(2)10-15(21-8-9-25-3)12-24(13-19)16-5-4-14(11-20)17-18(16)23-7-6-22-17/h4-7,15,21H,8-10,12-13H2,1-3H3. The molecule has 1 aliphatic heterocycles. The number of nitrogens with one attached hydrogen (secondary N) is 1. The quantitative estimate of drug-likeness (QED) is 0.843. The monoisotopic (exact) mass is 339 g/mol. The molecule has 1 saturated heterocycles. The molecule has 1 aliphatic rings. The van der Waals surface area contributed by atoms with Crippen molar-refractivity contribution < 1.29 is 4.74 Å². The molecule has 25 heavy (non-hydrogen) atoms.